The summed E-state index contributed by atoms with van der Waals surface area (Å²) in [5.74, 6) is 2.15. The van der Waals surface area contributed by atoms with Crippen molar-refractivity contribution in [2.75, 3.05) is 18.1 Å². The first-order valence-corrected chi connectivity index (χ1v) is 7.15. The lowest BCUT2D eigenvalue weighted by atomic mass is 10.1. The third kappa shape index (κ3) is 3.21. The van der Waals surface area contributed by atoms with Gasteiger partial charge in [0.2, 0.25) is 0 Å². The minimum absolute atomic E-state index is 0.170. The molecular formula is C13H19FN2S. The summed E-state index contributed by atoms with van der Waals surface area (Å²) in [5, 5.41) is 0. The molecule has 4 heteroatoms. The molecule has 1 unspecified atom stereocenters. The first-order valence-electron chi connectivity index (χ1n) is 6.00. The van der Waals surface area contributed by atoms with Gasteiger partial charge in [0.15, 0.2) is 0 Å². The van der Waals surface area contributed by atoms with Crippen LogP contribution in [-0.2, 0) is 13.1 Å². The van der Waals surface area contributed by atoms with Crippen molar-refractivity contribution in [1.82, 2.24) is 4.90 Å². The first-order chi connectivity index (χ1) is 8.20. The molecule has 0 amide bonds. The summed E-state index contributed by atoms with van der Waals surface area (Å²) < 4.78 is 13.3. The van der Waals surface area contributed by atoms with Gasteiger partial charge >= 0.3 is 0 Å². The second-order valence-electron chi connectivity index (χ2n) is 4.51. The van der Waals surface area contributed by atoms with E-state index in [0.717, 1.165) is 35.7 Å². The van der Waals surface area contributed by atoms with E-state index >= 15 is 0 Å². The number of halogens is 1. The molecular weight excluding hydrogens is 235 g/mol. The number of hydrogen-bond donors (Lipinski definition) is 1. The molecule has 0 saturated carbocycles. The van der Waals surface area contributed by atoms with E-state index in [0.29, 0.717) is 12.6 Å². The van der Waals surface area contributed by atoms with E-state index in [-0.39, 0.29) is 5.82 Å². The Morgan fingerprint density at radius 3 is 3.00 bits per heavy atom. The van der Waals surface area contributed by atoms with Gasteiger partial charge in [-0.2, -0.15) is 11.8 Å². The second kappa shape index (κ2) is 5.85. The van der Waals surface area contributed by atoms with Gasteiger partial charge in [-0.15, -0.1) is 0 Å². The highest BCUT2D eigenvalue weighted by Crippen LogP contribution is 2.20. The zero-order chi connectivity index (χ0) is 12.3. The Morgan fingerprint density at radius 1 is 1.47 bits per heavy atom. The van der Waals surface area contributed by atoms with Crippen LogP contribution in [0.1, 0.15) is 18.1 Å². The molecule has 0 aliphatic carbocycles. The molecule has 1 aromatic rings. The fraction of sp³-hybridized carbons (Fsp3) is 0.538. The zero-order valence-electron chi connectivity index (χ0n) is 10.2. The fourth-order valence-electron chi connectivity index (χ4n) is 2.16. The van der Waals surface area contributed by atoms with E-state index in [4.69, 9.17) is 5.73 Å². The number of nitrogens with two attached hydrogens (primary N) is 1. The molecule has 1 aliphatic rings. The lowest BCUT2D eigenvalue weighted by Gasteiger charge is -2.33. The molecule has 2 N–H and O–H groups in total. The Hall–Kier alpha value is -0.580. The van der Waals surface area contributed by atoms with Gasteiger partial charge in [0.05, 0.1) is 0 Å². The summed E-state index contributed by atoms with van der Waals surface area (Å²) in [6.45, 7) is 4.60. The number of thioether (sulfide) groups is 1. The molecule has 1 atom stereocenters. The van der Waals surface area contributed by atoms with Crippen molar-refractivity contribution in [1.29, 1.82) is 0 Å². The van der Waals surface area contributed by atoms with E-state index in [2.05, 4.69) is 11.8 Å². The van der Waals surface area contributed by atoms with E-state index in [1.807, 2.05) is 11.8 Å². The normalized spacial score (nSPS) is 21.7. The predicted molar refractivity (Wildman–Crippen MR) is 71.5 cm³/mol. The molecule has 0 spiro atoms. The van der Waals surface area contributed by atoms with Crippen LogP contribution in [0.2, 0.25) is 0 Å². The number of rotatable bonds is 3. The van der Waals surface area contributed by atoms with E-state index in [9.17, 15) is 4.39 Å². The molecule has 0 aromatic heterocycles. The molecule has 1 saturated heterocycles. The maximum atomic E-state index is 13.3. The highest BCUT2D eigenvalue weighted by atomic mass is 32.2. The van der Waals surface area contributed by atoms with Gasteiger partial charge in [-0.3, -0.25) is 4.90 Å². The summed E-state index contributed by atoms with van der Waals surface area (Å²) in [6, 6.07) is 5.47. The standard InChI is InChI=1S/C13H19FN2S/c1-10-9-17-5-4-16(10)8-12-6-13(14)3-2-11(12)7-15/h2-3,6,10H,4-5,7-9,15H2,1H3. The van der Waals surface area contributed by atoms with Gasteiger partial charge in [-0.05, 0) is 30.2 Å². The van der Waals surface area contributed by atoms with Gasteiger partial charge in [-0.1, -0.05) is 6.07 Å². The maximum absolute atomic E-state index is 13.3. The zero-order valence-corrected chi connectivity index (χ0v) is 11.0. The van der Waals surface area contributed by atoms with Crippen molar-refractivity contribution in [3.8, 4) is 0 Å². The van der Waals surface area contributed by atoms with Gasteiger partial charge in [0, 0.05) is 37.2 Å². The molecule has 2 nitrogen and oxygen atoms in total. The van der Waals surface area contributed by atoms with Crippen LogP contribution in [0.25, 0.3) is 0 Å². The topological polar surface area (TPSA) is 29.3 Å². The van der Waals surface area contributed by atoms with Crippen molar-refractivity contribution in [2.24, 2.45) is 5.73 Å². The Balaban J connectivity index is 2.13. The Bertz CT molecular complexity index is 384. The van der Waals surface area contributed by atoms with Gasteiger partial charge in [0.25, 0.3) is 0 Å². The minimum atomic E-state index is -0.170. The maximum Gasteiger partial charge on any atom is 0.123 e. The van der Waals surface area contributed by atoms with Crippen LogP contribution in [0.5, 0.6) is 0 Å². The fourth-order valence-corrected chi connectivity index (χ4v) is 3.24. The van der Waals surface area contributed by atoms with Crippen LogP contribution < -0.4 is 5.73 Å². The quantitative estimate of drug-likeness (QED) is 0.897. The smallest absolute Gasteiger partial charge is 0.123 e. The molecule has 1 heterocycles. The van der Waals surface area contributed by atoms with Crippen LogP contribution >= 0.6 is 11.8 Å². The summed E-state index contributed by atoms with van der Waals surface area (Å²) in [5.41, 5.74) is 7.78. The molecule has 1 aromatic carbocycles. The van der Waals surface area contributed by atoms with Gasteiger partial charge in [-0.25, -0.2) is 4.39 Å². The summed E-state index contributed by atoms with van der Waals surface area (Å²) in [6.07, 6.45) is 0. The number of nitrogens with zero attached hydrogens (tertiary/aromatic N) is 1. The van der Waals surface area contributed by atoms with Crippen molar-refractivity contribution >= 4 is 11.8 Å². The molecule has 94 valence electrons. The van der Waals surface area contributed by atoms with Crippen LogP contribution in [0.3, 0.4) is 0 Å². The summed E-state index contributed by atoms with van der Waals surface area (Å²) >= 11 is 1.99. The Labute approximate surface area is 106 Å². The average Bonchev–Trinajstić information content (AvgIpc) is 2.32. The third-order valence-corrected chi connectivity index (χ3v) is 4.46. The molecule has 17 heavy (non-hydrogen) atoms. The largest absolute Gasteiger partial charge is 0.326 e. The molecule has 2 rings (SSSR count). The lowest BCUT2D eigenvalue weighted by molar-refractivity contribution is 0.223. The molecule has 0 radical (unpaired) electrons. The van der Waals surface area contributed by atoms with E-state index in [1.165, 1.54) is 6.07 Å². The predicted octanol–water partition coefficient (Wildman–Crippen LogP) is 2.22. The van der Waals surface area contributed by atoms with Crippen LogP contribution in [0, 0.1) is 5.82 Å². The van der Waals surface area contributed by atoms with Crippen molar-refractivity contribution < 1.29 is 4.39 Å². The monoisotopic (exact) mass is 254 g/mol. The second-order valence-corrected chi connectivity index (χ2v) is 5.66. The van der Waals surface area contributed by atoms with Crippen molar-refractivity contribution in [3.63, 3.8) is 0 Å². The molecule has 0 bridgehead atoms. The highest BCUT2D eigenvalue weighted by molar-refractivity contribution is 7.99. The summed E-state index contributed by atoms with van der Waals surface area (Å²) in [7, 11) is 0. The average molecular weight is 254 g/mol. The third-order valence-electron chi connectivity index (χ3n) is 3.27. The van der Waals surface area contributed by atoms with Crippen LogP contribution in [-0.4, -0.2) is 29.0 Å². The molecule has 1 fully saturated rings. The molecule has 1 aliphatic heterocycles. The lowest BCUT2D eigenvalue weighted by Crippen LogP contribution is -2.39. The Kier molecular flexibility index (Phi) is 4.42. The number of hydrogen-bond acceptors (Lipinski definition) is 3. The van der Waals surface area contributed by atoms with Gasteiger partial charge in [0.1, 0.15) is 5.82 Å². The van der Waals surface area contributed by atoms with Crippen molar-refractivity contribution in [3.05, 3.63) is 35.1 Å². The SMILES string of the molecule is CC1CSCCN1Cc1cc(F)ccc1CN. The van der Waals surface area contributed by atoms with Crippen molar-refractivity contribution in [2.45, 2.75) is 26.1 Å². The van der Waals surface area contributed by atoms with Crippen LogP contribution in [0.4, 0.5) is 4.39 Å². The first kappa shape index (κ1) is 12.9. The highest BCUT2D eigenvalue weighted by Gasteiger charge is 2.19. The van der Waals surface area contributed by atoms with E-state index < -0.39 is 0 Å². The minimum Gasteiger partial charge on any atom is -0.326 e. The van der Waals surface area contributed by atoms with E-state index in [1.54, 1.807) is 12.1 Å². The van der Waals surface area contributed by atoms with Gasteiger partial charge < -0.3 is 5.73 Å². The number of benzene rings is 1. The summed E-state index contributed by atoms with van der Waals surface area (Å²) in [4.78, 5) is 2.41. The Morgan fingerprint density at radius 2 is 2.29 bits per heavy atom. The van der Waals surface area contributed by atoms with Crippen LogP contribution in [0.15, 0.2) is 18.2 Å².